The first kappa shape index (κ1) is 17.4. The van der Waals surface area contributed by atoms with Crippen LogP contribution in [0.15, 0.2) is 47.5 Å². The molecule has 0 aliphatic rings. The van der Waals surface area contributed by atoms with Crippen molar-refractivity contribution in [3.05, 3.63) is 75.1 Å². The lowest BCUT2D eigenvalue weighted by Crippen LogP contribution is -2.36. The molecule has 6 nitrogen and oxygen atoms in total. The fraction of sp³-hybridized carbons (Fsp3) is 0.235. The molecule has 24 heavy (non-hydrogen) atoms. The fourth-order valence-electron chi connectivity index (χ4n) is 2.12. The van der Waals surface area contributed by atoms with Gasteiger partial charge in [-0.25, -0.2) is 4.39 Å². The molecule has 0 amide bonds. The standard InChI is InChI=1S/C17H19FN4O2/c1-12-6-7-14(9-16(12)18)11-21-17(19-2)20-10-13-4-3-5-15(8-13)22(23)24/h3-9H,10-11H2,1-2H3,(H2,19,20,21). The zero-order valence-electron chi connectivity index (χ0n) is 13.5. The smallest absolute Gasteiger partial charge is 0.269 e. The van der Waals surface area contributed by atoms with E-state index in [0.29, 0.717) is 24.6 Å². The molecule has 0 fully saturated rings. The van der Waals surface area contributed by atoms with Crippen LogP contribution in [0.1, 0.15) is 16.7 Å². The van der Waals surface area contributed by atoms with E-state index in [1.54, 1.807) is 32.2 Å². The predicted octanol–water partition coefficient (Wildman–Crippen LogP) is 2.91. The second-order valence-corrected chi connectivity index (χ2v) is 5.29. The van der Waals surface area contributed by atoms with Crippen LogP contribution in [0.3, 0.4) is 0 Å². The summed E-state index contributed by atoms with van der Waals surface area (Å²) in [7, 11) is 1.62. The average molecular weight is 330 g/mol. The number of nitrogens with one attached hydrogen (secondary N) is 2. The Morgan fingerprint density at radius 1 is 1.17 bits per heavy atom. The molecule has 0 saturated heterocycles. The normalized spacial score (nSPS) is 11.2. The minimum Gasteiger partial charge on any atom is -0.352 e. The molecule has 0 aliphatic heterocycles. The number of hydrogen-bond donors (Lipinski definition) is 2. The van der Waals surface area contributed by atoms with E-state index in [1.807, 2.05) is 6.07 Å². The Morgan fingerprint density at radius 3 is 2.42 bits per heavy atom. The first-order chi connectivity index (χ1) is 11.5. The Hall–Kier alpha value is -2.96. The van der Waals surface area contributed by atoms with E-state index in [-0.39, 0.29) is 11.5 Å². The molecule has 0 atom stereocenters. The minimum atomic E-state index is -0.428. The van der Waals surface area contributed by atoms with Crippen molar-refractivity contribution < 1.29 is 9.31 Å². The summed E-state index contributed by atoms with van der Waals surface area (Å²) in [6, 6.07) is 11.4. The van der Waals surface area contributed by atoms with Crippen LogP contribution in [0.4, 0.5) is 10.1 Å². The largest absolute Gasteiger partial charge is 0.352 e. The van der Waals surface area contributed by atoms with Gasteiger partial charge in [-0.2, -0.15) is 0 Å². The Kier molecular flexibility index (Phi) is 5.83. The van der Waals surface area contributed by atoms with Crippen molar-refractivity contribution in [3.63, 3.8) is 0 Å². The van der Waals surface area contributed by atoms with Crippen molar-refractivity contribution in [3.8, 4) is 0 Å². The Morgan fingerprint density at radius 2 is 1.83 bits per heavy atom. The lowest BCUT2D eigenvalue weighted by Gasteiger charge is -2.12. The summed E-state index contributed by atoms with van der Waals surface area (Å²) in [5.74, 6) is 0.288. The third-order valence-electron chi connectivity index (χ3n) is 3.50. The van der Waals surface area contributed by atoms with Crippen LogP contribution in [0.5, 0.6) is 0 Å². The highest BCUT2D eigenvalue weighted by atomic mass is 19.1. The quantitative estimate of drug-likeness (QED) is 0.382. The van der Waals surface area contributed by atoms with Gasteiger partial charge in [0.25, 0.3) is 5.69 Å². The van der Waals surface area contributed by atoms with Crippen molar-refractivity contribution in [2.45, 2.75) is 20.0 Å². The van der Waals surface area contributed by atoms with Crippen molar-refractivity contribution in [1.29, 1.82) is 0 Å². The molecular formula is C17H19FN4O2. The van der Waals surface area contributed by atoms with Gasteiger partial charge in [-0.3, -0.25) is 15.1 Å². The number of rotatable bonds is 5. The number of non-ortho nitro benzene ring substituents is 1. The number of benzene rings is 2. The third kappa shape index (κ3) is 4.77. The topological polar surface area (TPSA) is 79.6 Å². The maximum absolute atomic E-state index is 13.5. The number of nitro benzene ring substituents is 1. The van der Waals surface area contributed by atoms with E-state index in [0.717, 1.165) is 11.1 Å². The lowest BCUT2D eigenvalue weighted by molar-refractivity contribution is -0.384. The molecule has 0 spiro atoms. The predicted molar refractivity (Wildman–Crippen MR) is 91.3 cm³/mol. The van der Waals surface area contributed by atoms with Crippen LogP contribution < -0.4 is 10.6 Å². The number of nitrogens with zero attached hydrogens (tertiary/aromatic N) is 2. The number of halogens is 1. The van der Waals surface area contributed by atoms with Gasteiger partial charge in [0.05, 0.1) is 4.92 Å². The average Bonchev–Trinajstić information content (AvgIpc) is 2.58. The minimum absolute atomic E-state index is 0.0485. The fourth-order valence-corrected chi connectivity index (χ4v) is 2.12. The van der Waals surface area contributed by atoms with E-state index in [9.17, 15) is 14.5 Å². The molecule has 2 rings (SSSR count). The monoisotopic (exact) mass is 330 g/mol. The van der Waals surface area contributed by atoms with Crippen molar-refractivity contribution in [1.82, 2.24) is 10.6 Å². The number of guanidine groups is 1. The Balaban J connectivity index is 1.91. The van der Waals surface area contributed by atoms with E-state index >= 15 is 0 Å². The number of aliphatic imine (C=N–C) groups is 1. The van der Waals surface area contributed by atoms with Crippen molar-refractivity contribution >= 4 is 11.6 Å². The summed E-state index contributed by atoms with van der Waals surface area (Å²) in [5.41, 5.74) is 2.23. The first-order valence-corrected chi connectivity index (χ1v) is 7.42. The van der Waals surface area contributed by atoms with Gasteiger partial charge >= 0.3 is 0 Å². The highest BCUT2D eigenvalue weighted by Crippen LogP contribution is 2.13. The Labute approximate surface area is 139 Å². The van der Waals surface area contributed by atoms with Gasteiger partial charge in [-0.05, 0) is 29.7 Å². The second kappa shape index (κ2) is 8.05. The molecule has 0 aromatic heterocycles. The molecule has 2 aromatic rings. The number of hydrogen-bond acceptors (Lipinski definition) is 3. The van der Waals surface area contributed by atoms with E-state index in [2.05, 4.69) is 15.6 Å². The highest BCUT2D eigenvalue weighted by molar-refractivity contribution is 5.79. The van der Waals surface area contributed by atoms with Gasteiger partial charge in [0.2, 0.25) is 0 Å². The van der Waals surface area contributed by atoms with Crippen LogP contribution in [0.25, 0.3) is 0 Å². The molecular weight excluding hydrogens is 311 g/mol. The Bertz CT molecular complexity index is 762. The summed E-state index contributed by atoms with van der Waals surface area (Å²) in [6.07, 6.45) is 0. The molecule has 7 heteroatoms. The molecule has 2 N–H and O–H groups in total. The van der Waals surface area contributed by atoms with Gasteiger partial charge in [0.15, 0.2) is 5.96 Å². The summed E-state index contributed by atoms with van der Waals surface area (Å²) in [6.45, 7) is 2.53. The number of nitro groups is 1. The molecule has 0 bridgehead atoms. The molecule has 2 aromatic carbocycles. The van der Waals surface area contributed by atoms with E-state index in [4.69, 9.17) is 0 Å². The molecule has 0 radical (unpaired) electrons. The molecule has 0 unspecified atom stereocenters. The molecule has 0 aliphatic carbocycles. The maximum Gasteiger partial charge on any atom is 0.269 e. The van der Waals surface area contributed by atoms with Crippen molar-refractivity contribution in [2.24, 2.45) is 4.99 Å². The first-order valence-electron chi connectivity index (χ1n) is 7.42. The van der Waals surface area contributed by atoms with Gasteiger partial charge < -0.3 is 10.6 Å². The van der Waals surface area contributed by atoms with Crippen LogP contribution in [-0.4, -0.2) is 17.9 Å². The molecule has 126 valence electrons. The summed E-state index contributed by atoms with van der Waals surface area (Å²) in [4.78, 5) is 14.4. The summed E-state index contributed by atoms with van der Waals surface area (Å²) < 4.78 is 13.5. The van der Waals surface area contributed by atoms with Gasteiger partial charge in [-0.1, -0.05) is 24.3 Å². The third-order valence-corrected chi connectivity index (χ3v) is 3.50. The zero-order chi connectivity index (χ0) is 17.5. The van der Waals surface area contributed by atoms with E-state index < -0.39 is 4.92 Å². The molecule has 0 heterocycles. The second-order valence-electron chi connectivity index (χ2n) is 5.29. The summed E-state index contributed by atoms with van der Waals surface area (Å²) in [5, 5.41) is 16.9. The highest BCUT2D eigenvalue weighted by Gasteiger charge is 2.06. The zero-order valence-corrected chi connectivity index (χ0v) is 13.5. The number of aryl methyl sites for hydroxylation is 1. The van der Waals surface area contributed by atoms with Gasteiger partial charge in [-0.15, -0.1) is 0 Å². The van der Waals surface area contributed by atoms with Crippen molar-refractivity contribution in [2.75, 3.05) is 7.05 Å². The van der Waals surface area contributed by atoms with Crippen LogP contribution in [-0.2, 0) is 13.1 Å². The maximum atomic E-state index is 13.5. The van der Waals surface area contributed by atoms with E-state index in [1.165, 1.54) is 18.2 Å². The van der Waals surface area contributed by atoms with Crippen LogP contribution in [0.2, 0.25) is 0 Å². The lowest BCUT2D eigenvalue weighted by atomic mass is 10.1. The van der Waals surface area contributed by atoms with Gasteiger partial charge in [0.1, 0.15) is 5.82 Å². The SMILES string of the molecule is CN=C(NCc1cccc([N+](=O)[O-])c1)NCc1ccc(C)c(F)c1. The molecule has 0 saturated carbocycles. The summed E-state index contributed by atoms with van der Waals surface area (Å²) >= 11 is 0. The van der Waals surface area contributed by atoms with Crippen LogP contribution in [0, 0.1) is 22.9 Å². The van der Waals surface area contributed by atoms with Gasteiger partial charge in [0, 0.05) is 32.3 Å². The van der Waals surface area contributed by atoms with Crippen LogP contribution >= 0.6 is 0 Å².